The predicted molar refractivity (Wildman–Crippen MR) is 63.4 cm³/mol. The number of carbonyl (C=O) groups is 1. The highest BCUT2D eigenvalue weighted by atomic mass is 16.3. The summed E-state index contributed by atoms with van der Waals surface area (Å²) in [6.07, 6.45) is 0.572. The van der Waals surface area contributed by atoms with Crippen molar-refractivity contribution in [2.24, 2.45) is 0 Å². The molecule has 0 spiro atoms. The van der Waals surface area contributed by atoms with Crippen LogP contribution < -0.4 is 5.32 Å². The molecule has 0 saturated heterocycles. The van der Waals surface area contributed by atoms with Crippen molar-refractivity contribution >= 4 is 16.9 Å². The first kappa shape index (κ1) is 11.2. The van der Waals surface area contributed by atoms with Gasteiger partial charge in [0, 0.05) is 5.39 Å². The maximum Gasteiger partial charge on any atom is 0.288 e. The monoisotopic (exact) mass is 228 g/mol. The van der Waals surface area contributed by atoms with E-state index in [-0.39, 0.29) is 11.7 Å². The lowest BCUT2D eigenvalue weighted by Gasteiger charge is -2.06. The highest BCUT2D eigenvalue weighted by Crippen LogP contribution is 2.18. The van der Waals surface area contributed by atoms with E-state index in [0.29, 0.717) is 12.0 Å². The fourth-order valence-corrected chi connectivity index (χ4v) is 1.55. The summed E-state index contributed by atoms with van der Waals surface area (Å²) in [5, 5.41) is 12.2. The molecule has 1 unspecified atom stereocenters. The second-order valence-corrected chi connectivity index (χ2v) is 3.71. The van der Waals surface area contributed by atoms with Crippen molar-refractivity contribution in [3.63, 3.8) is 0 Å². The second kappa shape index (κ2) is 4.71. The molecule has 2 rings (SSSR count). The first-order chi connectivity index (χ1) is 8.24. The Hall–Kier alpha value is -2.28. The van der Waals surface area contributed by atoms with Crippen LogP contribution in [-0.2, 0) is 0 Å². The second-order valence-electron chi connectivity index (χ2n) is 3.71. The molecule has 0 aliphatic carbocycles. The summed E-state index contributed by atoms with van der Waals surface area (Å²) in [7, 11) is 0. The van der Waals surface area contributed by atoms with Gasteiger partial charge in [0.15, 0.2) is 5.76 Å². The average Bonchev–Trinajstić information content (AvgIpc) is 2.79. The lowest BCUT2D eigenvalue weighted by molar-refractivity contribution is 0.0919. The molecule has 1 N–H and O–H groups in total. The molecule has 0 aliphatic heterocycles. The van der Waals surface area contributed by atoms with Crippen LogP contribution in [0.25, 0.3) is 11.0 Å². The standard InChI is InChI=1S/C13H12N2O2/c1-2-10(8-14)15-13(16)12-7-9-5-3-4-6-11(9)17-12/h3-7,10H,2H2,1H3,(H,15,16). The van der Waals surface area contributed by atoms with E-state index in [4.69, 9.17) is 9.68 Å². The van der Waals surface area contributed by atoms with E-state index in [1.807, 2.05) is 31.2 Å². The zero-order chi connectivity index (χ0) is 12.3. The fourth-order valence-electron chi connectivity index (χ4n) is 1.55. The Balaban J connectivity index is 2.22. The molecule has 0 fully saturated rings. The maximum atomic E-state index is 11.8. The largest absolute Gasteiger partial charge is 0.451 e. The highest BCUT2D eigenvalue weighted by Gasteiger charge is 2.15. The molecule has 1 aromatic carbocycles. The lowest BCUT2D eigenvalue weighted by atomic mass is 10.2. The van der Waals surface area contributed by atoms with Crippen LogP contribution in [0.5, 0.6) is 0 Å². The topological polar surface area (TPSA) is 66.0 Å². The van der Waals surface area contributed by atoms with Gasteiger partial charge in [-0.15, -0.1) is 0 Å². The number of nitrogens with one attached hydrogen (secondary N) is 1. The summed E-state index contributed by atoms with van der Waals surface area (Å²) in [5.74, 6) is -0.116. The van der Waals surface area contributed by atoms with E-state index in [2.05, 4.69) is 5.32 Å². The molecule has 1 aromatic heterocycles. The predicted octanol–water partition coefficient (Wildman–Crippen LogP) is 2.46. The van der Waals surface area contributed by atoms with Gasteiger partial charge < -0.3 is 9.73 Å². The Labute approximate surface area is 98.8 Å². The number of furan rings is 1. The summed E-state index contributed by atoms with van der Waals surface area (Å²) in [4.78, 5) is 11.8. The Kier molecular flexibility index (Phi) is 3.10. The molecule has 0 radical (unpaired) electrons. The first-order valence-electron chi connectivity index (χ1n) is 5.43. The third-order valence-corrected chi connectivity index (χ3v) is 2.52. The molecule has 86 valence electrons. The van der Waals surface area contributed by atoms with E-state index < -0.39 is 6.04 Å². The van der Waals surface area contributed by atoms with Gasteiger partial charge in [-0.25, -0.2) is 0 Å². The van der Waals surface area contributed by atoms with Crippen molar-refractivity contribution in [3.05, 3.63) is 36.1 Å². The van der Waals surface area contributed by atoms with Crippen molar-refractivity contribution in [2.75, 3.05) is 0 Å². The number of hydrogen-bond donors (Lipinski definition) is 1. The number of rotatable bonds is 3. The van der Waals surface area contributed by atoms with Crippen LogP contribution in [0.4, 0.5) is 0 Å². The van der Waals surface area contributed by atoms with Gasteiger partial charge in [-0.05, 0) is 18.6 Å². The van der Waals surface area contributed by atoms with E-state index >= 15 is 0 Å². The SMILES string of the molecule is CCC(C#N)NC(=O)c1cc2ccccc2o1. The molecular weight excluding hydrogens is 216 g/mol. The zero-order valence-electron chi connectivity index (χ0n) is 9.43. The minimum Gasteiger partial charge on any atom is -0.451 e. The van der Waals surface area contributed by atoms with Gasteiger partial charge in [0.25, 0.3) is 5.91 Å². The number of nitriles is 1. The van der Waals surface area contributed by atoms with Crippen LogP contribution in [0.15, 0.2) is 34.7 Å². The molecule has 0 saturated carbocycles. The number of fused-ring (bicyclic) bond motifs is 1. The van der Waals surface area contributed by atoms with Crippen molar-refractivity contribution < 1.29 is 9.21 Å². The average molecular weight is 228 g/mol. The van der Waals surface area contributed by atoms with Gasteiger partial charge in [0.1, 0.15) is 11.6 Å². The van der Waals surface area contributed by atoms with Crippen LogP contribution in [-0.4, -0.2) is 11.9 Å². The number of hydrogen-bond acceptors (Lipinski definition) is 3. The minimum atomic E-state index is -0.476. The van der Waals surface area contributed by atoms with Crippen molar-refractivity contribution in [1.82, 2.24) is 5.32 Å². The van der Waals surface area contributed by atoms with Crippen molar-refractivity contribution in [2.45, 2.75) is 19.4 Å². The molecular formula is C13H12N2O2. The van der Waals surface area contributed by atoms with Gasteiger partial charge >= 0.3 is 0 Å². The molecule has 1 heterocycles. The van der Waals surface area contributed by atoms with Gasteiger partial charge in [-0.1, -0.05) is 25.1 Å². The molecule has 4 nitrogen and oxygen atoms in total. The van der Waals surface area contributed by atoms with Crippen LogP contribution >= 0.6 is 0 Å². The van der Waals surface area contributed by atoms with Crippen LogP contribution in [0.3, 0.4) is 0 Å². The maximum absolute atomic E-state index is 11.8. The van der Waals surface area contributed by atoms with E-state index in [0.717, 1.165) is 5.39 Å². The van der Waals surface area contributed by atoms with E-state index in [1.165, 1.54) is 0 Å². The lowest BCUT2D eigenvalue weighted by Crippen LogP contribution is -2.32. The number of benzene rings is 1. The van der Waals surface area contributed by atoms with Crippen LogP contribution in [0, 0.1) is 11.3 Å². The number of amides is 1. The summed E-state index contributed by atoms with van der Waals surface area (Å²) in [5.41, 5.74) is 0.669. The first-order valence-corrected chi connectivity index (χ1v) is 5.43. The highest BCUT2D eigenvalue weighted by molar-refractivity contribution is 5.96. The smallest absolute Gasteiger partial charge is 0.288 e. The summed E-state index contributed by atoms with van der Waals surface area (Å²) in [6.45, 7) is 1.84. The zero-order valence-corrected chi connectivity index (χ0v) is 9.43. The van der Waals surface area contributed by atoms with Gasteiger partial charge in [0.05, 0.1) is 6.07 Å². The Morgan fingerprint density at radius 3 is 2.94 bits per heavy atom. The number of para-hydroxylation sites is 1. The Morgan fingerprint density at radius 2 is 2.29 bits per heavy atom. The molecule has 0 aliphatic rings. The van der Waals surface area contributed by atoms with E-state index in [9.17, 15) is 4.79 Å². The van der Waals surface area contributed by atoms with Crippen LogP contribution in [0.1, 0.15) is 23.9 Å². The normalized spacial score (nSPS) is 12.0. The van der Waals surface area contributed by atoms with Crippen LogP contribution in [0.2, 0.25) is 0 Å². The summed E-state index contributed by atoms with van der Waals surface area (Å²) < 4.78 is 5.40. The molecule has 1 amide bonds. The molecule has 1 atom stereocenters. The fraction of sp³-hybridized carbons (Fsp3) is 0.231. The van der Waals surface area contributed by atoms with Crippen molar-refractivity contribution in [1.29, 1.82) is 5.26 Å². The Morgan fingerprint density at radius 1 is 1.53 bits per heavy atom. The number of nitrogens with zero attached hydrogens (tertiary/aromatic N) is 1. The third-order valence-electron chi connectivity index (χ3n) is 2.52. The van der Waals surface area contributed by atoms with Gasteiger partial charge in [-0.3, -0.25) is 4.79 Å². The Bertz CT molecular complexity index is 547. The molecule has 17 heavy (non-hydrogen) atoms. The molecule has 2 aromatic rings. The summed E-state index contributed by atoms with van der Waals surface area (Å²) >= 11 is 0. The van der Waals surface area contributed by atoms with E-state index in [1.54, 1.807) is 12.1 Å². The van der Waals surface area contributed by atoms with Gasteiger partial charge in [0.2, 0.25) is 0 Å². The third kappa shape index (κ3) is 2.28. The van der Waals surface area contributed by atoms with Gasteiger partial charge in [-0.2, -0.15) is 5.26 Å². The molecule has 4 heteroatoms. The minimum absolute atomic E-state index is 0.236. The summed E-state index contributed by atoms with van der Waals surface area (Å²) in [6, 6.07) is 10.6. The van der Waals surface area contributed by atoms with Crippen molar-refractivity contribution in [3.8, 4) is 6.07 Å². The quantitative estimate of drug-likeness (QED) is 0.877. The number of carbonyl (C=O) groups excluding carboxylic acids is 1. The molecule has 0 bridgehead atoms.